The number of carbonyl (C=O) groups excluding carboxylic acids is 1. The predicted molar refractivity (Wildman–Crippen MR) is 241 cm³/mol. The highest BCUT2D eigenvalue weighted by Gasteiger charge is 2.65. The Labute approximate surface area is 371 Å². The monoisotopic (exact) mass is 870 g/mol. The van der Waals surface area contributed by atoms with E-state index in [9.17, 15) is 15.0 Å². The molecule has 7 atom stereocenters. The van der Waals surface area contributed by atoms with Crippen LogP contribution in [0.5, 0.6) is 17.2 Å². The third kappa shape index (κ3) is 10.3. The van der Waals surface area contributed by atoms with Gasteiger partial charge in [0.15, 0.2) is 0 Å². The molecule has 0 radical (unpaired) electrons. The number of allylic oxidation sites excluding steroid dienone is 1. The number of halogens is 1. The Morgan fingerprint density at radius 1 is 0.984 bits per heavy atom. The number of alkyl halides is 1. The van der Waals surface area contributed by atoms with Crippen LogP contribution in [-0.4, -0.2) is 90.5 Å². The van der Waals surface area contributed by atoms with E-state index in [1.807, 2.05) is 49.4 Å². The lowest BCUT2D eigenvalue weighted by molar-refractivity contribution is -0.255. The molecule has 1 unspecified atom stereocenters. The molecule has 62 heavy (non-hydrogen) atoms. The highest BCUT2D eigenvalue weighted by atomic mass is 35.5. The van der Waals surface area contributed by atoms with Gasteiger partial charge in [-0.25, -0.2) is 4.79 Å². The Bertz CT molecular complexity index is 1970. The van der Waals surface area contributed by atoms with Gasteiger partial charge >= 0.3 is 6.09 Å². The zero-order valence-corrected chi connectivity index (χ0v) is 36.8. The molecule has 2 aliphatic heterocycles. The molecule has 7 rings (SSSR count). The van der Waals surface area contributed by atoms with Gasteiger partial charge in [-0.3, -0.25) is 4.90 Å². The number of ether oxygens (including phenoxy) is 5. The summed E-state index contributed by atoms with van der Waals surface area (Å²) >= 11 is 6.05. The van der Waals surface area contributed by atoms with Crippen molar-refractivity contribution in [3.05, 3.63) is 103 Å². The average Bonchev–Trinajstić information content (AvgIpc) is 3.30. The van der Waals surface area contributed by atoms with Gasteiger partial charge in [0.2, 0.25) is 12.1 Å². The second kappa shape index (κ2) is 22.3. The molecule has 2 fully saturated rings. The Morgan fingerprint density at radius 2 is 1.74 bits per heavy atom. The second-order valence-corrected chi connectivity index (χ2v) is 17.0. The highest BCUT2D eigenvalue weighted by molar-refractivity contribution is 6.18. The van der Waals surface area contributed by atoms with E-state index in [1.165, 1.54) is 0 Å². The van der Waals surface area contributed by atoms with Crippen LogP contribution < -0.4 is 9.47 Å². The van der Waals surface area contributed by atoms with Gasteiger partial charge in [0.05, 0.1) is 30.7 Å². The van der Waals surface area contributed by atoms with Crippen LogP contribution in [0.4, 0.5) is 4.79 Å². The SMILES string of the molecule is C=CCO[C@@]12Oc3ccc(Oc4ccc(-c5ccccc5)cc4)cc3[C@H]3[C@H](CCCCO)[C@@H](CCCCO)C=C(C(=NOC4CCCCO4)C[C@@H]1N(CCC)C(=O)OCCCl)[C@H]32. The number of benzene rings is 3. The van der Waals surface area contributed by atoms with Crippen molar-refractivity contribution in [1.82, 2.24) is 4.90 Å². The summed E-state index contributed by atoms with van der Waals surface area (Å²) in [5.74, 6) is 0.266. The first-order chi connectivity index (χ1) is 30.4. The Kier molecular flexibility index (Phi) is 16.4. The minimum Gasteiger partial charge on any atom is -0.459 e. The van der Waals surface area contributed by atoms with E-state index in [-0.39, 0.29) is 56.5 Å². The van der Waals surface area contributed by atoms with E-state index in [1.54, 1.807) is 11.0 Å². The van der Waals surface area contributed by atoms with Crippen LogP contribution >= 0.6 is 11.6 Å². The van der Waals surface area contributed by atoms with Crippen molar-refractivity contribution in [2.75, 3.05) is 45.5 Å². The van der Waals surface area contributed by atoms with Crippen LogP contribution in [0.3, 0.4) is 0 Å². The summed E-state index contributed by atoms with van der Waals surface area (Å²) in [5, 5.41) is 24.8. The normalized spacial score (nSPS) is 25.7. The first kappa shape index (κ1) is 45.6. The lowest BCUT2D eigenvalue weighted by atomic mass is 9.55. The number of hydrogen-bond acceptors (Lipinski definition) is 10. The van der Waals surface area contributed by atoms with Crippen LogP contribution in [-0.2, 0) is 19.0 Å². The first-order valence-electron chi connectivity index (χ1n) is 22.6. The molecule has 12 heteroatoms. The number of hydrogen-bond donors (Lipinski definition) is 2. The van der Waals surface area contributed by atoms with Crippen molar-refractivity contribution < 1.29 is 43.5 Å². The van der Waals surface area contributed by atoms with Crippen molar-refractivity contribution in [1.29, 1.82) is 0 Å². The smallest absolute Gasteiger partial charge is 0.410 e. The summed E-state index contributed by atoms with van der Waals surface area (Å²) in [6.07, 6.45) is 11.3. The van der Waals surface area contributed by atoms with Gasteiger partial charge < -0.3 is 38.7 Å². The second-order valence-electron chi connectivity index (χ2n) is 16.7. The fraction of sp³-hybridized carbons (Fsp3) is 0.520. The molecule has 0 aromatic heterocycles. The highest BCUT2D eigenvalue weighted by Crippen LogP contribution is 2.62. The number of oxime groups is 1. The van der Waals surface area contributed by atoms with Gasteiger partial charge in [-0.1, -0.05) is 79.5 Å². The molecule has 2 heterocycles. The molecule has 4 aliphatic rings. The Hall–Kier alpha value is -4.39. The summed E-state index contributed by atoms with van der Waals surface area (Å²) in [5.41, 5.74) is 4.87. The van der Waals surface area contributed by atoms with Crippen molar-refractivity contribution in [3.8, 4) is 28.4 Å². The van der Waals surface area contributed by atoms with E-state index in [0.29, 0.717) is 55.4 Å². The van der Waals surface area contributed by atoms with Crippen LogP contribution in [0.2, 0.25) is 0 Å². The largest absolute Gasteiger partial charge is 0.459 e. The number of rotatable bonds is 21. The Morgan fingerprint density at radius 3 is 2.45 bits per heavy atom. The molecule has 0 spiro atoms. The summed E-state index contributed by atoms with van der Waals surface area (Å²) in [7, 11) is 0. The van der Waals surface area contributed by atoms with E-state index in [2.05, 4.69) is 43.0 Å². The first-order valence-corrected chi connectivity index (χ1v) is 23.2. The third-order valence-electron chi connectivity index (χ3n) is 12.6. The van der Waals surface area contributed by atoms with Gasteiger partial charge in [-0.05, 0) is 104 Å². The van der Waals surface area contributed by atoms with Crippen molar-refractivity contribution in [2.24, 2.45) is 22.9 Å². The molecule has 334 valence electrons. The molecule has 2 aliphatic carbocycles. The molecule has 1 amide bonds. The number of amides is 1. The van der Waals surface area contributed by atoms with Crippen molar-refractivity contribution in [3.63, 3.8) is 0 Å². The minimum absolute atomic E-state index is 0.0536. The topological polar surface area (TPSA) is 129 Å². The lowest BCUT2D eigenvalue weighted by Crippen LogP contribution is -2.70. The van der Waals surface area contributed by atoms with Gasteiger partial charge in [0.25, 0.3) is 0 Å². The number of carbonyl (C=O) groups is 1. The predicted octanol–water partition coefficient (Wildman–Crippen LogP) is 10.4. The molecule has 2 N–H and O–H groups in total. The molecule has 0 bridgehead atoms. The van der Waals surface area contributed by atoms with Gasteiger partial charge in [0.1, 0.15) is 29.9 Å². The molecule has 1 saturated carbocycles. The molecular weight excluding hydrogens is 808 g/mol. The maximum Gasteiger partial charge on any atom is 0.410 e. The Balaban J connectivity index is 1.39. The van der Waals surface area contributed by atoms with Gasteiger partial charge in [-0.15, -0.1) is 18.2 Å². The van der Waals surface area contributed by atoms with E-state index < -0.39 is 30.1 Å². The minimum atomic E-state index is -1.39. The zero-order chi connectivity index (χ0) is 43.3. The fourth-order valence-corrected chi connectivity index (χ4v) is 10.0. The fourth-order valence-electron chi connectivity index (χ4n) is 9.93. The van der Waals surface area contributed by atoms with Gasteiger partial charge in [-0.2, -0.15) is 0 Å². The van der Waals surface area contributed by atoms with E-state index in [4.69, 9.17) is 45.3 Å². The summed E-state index contributed by atoms with van der Waals surface area (Å²) in [4.78, 5) is 22.2. The quantitative estimate of drug-likeness (QED) is 0.0465. The van der Waals surface area contributed by atoms with Crippen LogP contribution in [0, 0.1) is 17.8 Å². The lowest BCUT2D eigenvalue weighted by Gasteiger charge is -2.60. The summed E-state index contributed by atoms with van der Waals surface area (Å²) in [6, 6.07) is 23.6. The number of aliphatic hydroxyl groups excluding tert-OH is 2. The van der Waals surface area contributed by atoms with Gasteiger partial charge in [0, 0.05) is 44.1 Å². The number of unbranched alkanes of at least 4 members (excludes halogenated alkanes) is 2. The van der Waals surface area contributed by atoms with Crippen LogP contribution in [0.15, 0.2) is 102 Å². The van der Waals surface area contributed by atoms with E-state index >= 15 is 0 Å². The molecular formula is C50H63ClN2O9. The molecule has 3 aromatic rings. The molecule has 3 aromatic carbocycles. The van der Waals surface area contributed by atoms with Crippen molar-refractivity contribution >= 4 is 23.4 Å². The van der Waals surface area contributed by atoms with Crippen LogP contribution in [0.1, 0.15) is 89.0 Å². The summed E-state index contributed by atoms with van der Waals surface area (Å²) < 4.78 is 32.8. The number of nitrogens with zero attached hydrogens (tertiary/aromatic N) is 2. The maximum atomic E-state index is 14.2. The summed E-state index contributed by atoms with van der Waals surface area (Å²) in [6.45, 7) is 7.46. The number of aliphatic hydroxyl groups is 2. The van der Waals surface area contributed by atoms with Crippen molar-refractivity contribution in [2.45, 2.75) is 102 Å². The average molecular weight is 872 g/mol. The molecule has 1 saturated heterocycles. The third-order valence-corrected chi connectivity index (χ3v) is 12.8. The molecule has 11 nitrogen and oxygen atoms in total. The zero-order valence-electron chi connectivity index (χ0n) is 36.0. The number of fused-ring (bicyclic) bond motifs is 2. The maximum absolute atomic E-state index is 14.2. The van der Waals surface area contributed by atoms with Crippen LogP contribution in [0.25, 0.3) is 11.1 Å². The standard InChI is InChI=1S/C50H63ClN2O9/c1-3-26-53(49(56)58-31-25-51)45-34-43(52-62-46-18-10-13-30-57-46)41-32-37(16-8-11-27-54)40(17-9-12-28-55)47-42-33-39(23-24-44(42)61-50(45,48(41)47)59-29-4-2)60-38-21-19-36(20-22-38)35-14-6-5-7-15-35/h4-7,14-15,19-24,32-33,37,40,45-48,54-55H,2-3,8-13,16-18,25-31,34H2,1H3/t37-,40+,45-,46?,47+,48+,50+/m0/s1. The van der Waals surface area contributed by atoms with E-state index in [0.717, 1.165) is 67.2 Å².